The number of aryl methyl sites for hydroxylation is 1. The van der Waals surface area contributed by atoms with E-state index in [-0.39, 0.29) is 12.3 Å². The van der Waals surface area contributed by atoms with Crippen molar-refractivity contribution < 1.29 is 13.9 Å². The van der Waals surface area contributed by atoms with E-state index >= 15 is 0 Å². The highest BCUT2D eigenvalue weighted by Crippen LogP contribution is 2.25. The van der Waals surface area contributed by atoms with Crippen molar-refractivity contribution in [2.45, 2.75) is 13.8 Å². The Hall–Kier alpha value is -2.96. The topological polar surface area (TPSA) is 98.1 Å². The van der Waals surface area contributed by atoms with Gasteiger partial charge in [-0.3, -0.25) is 0 Å². The van der Waals surface area contributed by atoms with Gasteiger partial charge in [0.1, 0.15) is 11.3 Å². The van der Waals surface area contributed by atoms with Crippen LogP contribution in [-0.4, -0.2) is 28.0 Å². The number of nitrogens with zero attached hydrogens (tertiary/aromatic N) is 2. The van der Waals surface area contributed by atoms with Gasteiger partial charge in [-0.25, -0.2) is 9.59 Å². The zero-order valence-electron chi connectivity index (χ0n) is 12.0. The number of nitrogens with one attached hydrogen (secondary N) is 1. The molecule has 0 aliphatic rings. The van der Waals surface area contributed by atoms with Crippen LogP contribution in [0.1, 0.15) is 23.0 Å². The summed E-state index contributed by atoms with van der Waals surface area (Å²) in [6, 6.07) is 6.69. The zero-order chi connectivity index (χ0) is 15.7. The highest BCUT2D eigenvalue weighted by molar-refractivity contribution is 5.95. The summed E-state index contributed by atoms with van der Waals surface area (Å²) in [5.74, 6) is -0.558. The van der Waals surface area contributed by atoms with Crippen molar-refractivity contribution in [3.05, 3.63) is 45.9 Å². The van der Waals surface area contributed by atoms with Crippen molar-refractivity contribution >= 4 is 16.9 Å². The second-order valence-electron chi connectivity index (χ2n) is 4.70. The zero-order valence-corrected chi connectivity index (χ0v) is 12.0. The molecule has 3 rings (SSSR count). The first kappa shape index (κ1) is 14.0. The number of benzene rings is 1. The SMILES string of the molecule is CCOC(=O)c1n[nH]nc1-c1ccc2c(C)cc(=O)oc2c1. The Labute approximate surface area is 124 Å². The van der Waals surface area contributed by atoms with Crippen molar-refractivity contribution in [3.63, 3.8) is 0 Å². The van der Waals surface area contributed by atoms with Gasteiger partial charge < -0.3 is 9.15 Å². The van der Waals surface area contributed by atoms with E-state index in [0.717, 1.165) is 10.9 Å². The van der Waals surface area contributed by atoms with E-state index in [1.54, 1.807) is 19.1 Å². The van der Waals surface area contributed by atoms with Gasteiger partial charge in [0.2, 0.25) is 0 Å². The number of hydrogen-bond donors (Lipinski definition) is 1. The van der Waals surface area contributed by atoms with Gasteiger partial charge in [0.15, 0.2) is 5.69 Å². The Morgan fingerprint density at radius 3 is 2.91 bits per heavy atom. The summed E-state index contributed by atoms with van der Waals surface area (Å²) in [4.78, 5) is 23.3. The Balaban J connectivity index is 2.14. The number of aromatic nitrogens is 3. The van der Waals surface area contributed by atoms with Crippen LogP contribution in [-0.2, 0) is 4.74 Å². The quantitative estimate of drug-likeness (QED) is 0.587. The minimum absolute atomic E-state index is 0.0937. The van der Waals surface area contributed by atoms with Crippen LogP contribution in [0.3, 0.4) is 0 Å². The van der Waals surface area contributed by atoms with Crippen molar-refractivity contribution in [2.75, 3.05) is 6.61 Å². The molecule has 7 heteroatoms. The molecular formula is C15H13N3O4. The summed E-state index contributed by atoms with van der Waals surface area (Å²) in [6.07, 6.45) is 0. The van der Waals surface area contributed by atoms with Crippen LogP contribution in [0, 0.1) is 6.92 Å². The second-order valence-corrected chi connectivity index (χ2v) is 4.70. The maximum atomic E-state index is 11.9. The van der Waals surface area contributed by atoms with Crippen LogP contribution in [0.15, 0.2) is 33.5 Å². The summed E-state index contributed by atoms with van der Waals surface area (Å²) >= 11 is 0. The van der Waals surface area contributed by atoms with Gasteiger partial charge in [-0.15, -0.1) is 5.10 Å². The minimum atomic E-state index is -0.558. The van der Waals surface area contributed by atoms with Crippen LogP contribution in [0.5, 0.6) is 0 Å². The standard InChI is InChI=1S/C15H13N3O4/c1-3-21-15(20)14-13(16-18-17-14)9-4-5-10-8(2)6-12(19)22-11(10)7-9/h4-7H,3H2,1-2H3,(H,16,17,18). The lowest BCUT2D eigenvalue weighted by molar-refractivity contribution is 0.0520. The van der Waals surface area contributed by atoms with Crippen molar-refractivity contribution in [3.8, 4) is 11.3 Å². The molecule has 0 amide bonds. The monoisotopic (exact) mass is 299 g/mol. The Morgan fingerprint density at radius 2 is 2.14 bits per heavy atom. The molecule has 0 aliphatic heterocycles. The first-order valence-electron chi connectivity index (χ1n) is 6.73. The van der Waals surface area contributed by atoms with E-state index in [1.807, 2.05) is 13.0 Å². The molecule has 7 nitrogen and oxygen atoms in total. The molecule has 112 valence electrons. The van der Waals surface area contributed by atoms with E-state index in [4.69, 9.17) is 9.15 Å². The third kappa shape index (κ3) is 2.37. The van der Waals surface area contributed by atoms with Crippen LogP contribution in [0.4, 0.5) is 0 Å². The summed E-state index contributed by atoms with van der Waals surface area (Å²) < 4.78 is 10.1. The molecule has 1 aromatic carbocycles. The van der Waals surface area contributed by atoms with Crippen molar-refractivity contribution in [1.29, 1.82) is 0 Å². The highest BCUT2D eigenvalue weighted by atomic mass is 16.5. The average molecular weight is 299 g/mol. The fourth-order valence-corrected chi connectivity index (χ4v) is 2.25. The molecule has 0 radical (unpaired) electrons. The van der Waals surface area contributed by atoms with Crippen LogP contribution in [0.2, 0.25) is 0 Å². The average Bonchev–Trinajstić information content (AvgIpc) is 2.96. The summed E-state index contributed by atoms with van der Waals surface area (Å²) in [5, 5.41) is 11.0. The number of fused-ring (bicyclic) bond motifs is 1. The first-order chi connectivity index (χ1) is 10.6. The van der Waals surface area contributed by atoms with Gasteiger partial charge in [-0.1, -0.05) is 12.1 Å². The molecule has 0 aliphatic carbocycles. The van der Waals surface area contributed by atoms with Gasteiger partial charge in [-0.2, -0.15) is 10.3 Å². The third-order valence-corrected chi connectivity index (χ3v) is 3.24. The molecule has 0 atom stereocenters. The number of ether oxygens (including phenoxy) is 1. The van der Waals surface area contributed by atoms with Crippen LogP contribution in [0.25, 0.3) is 22.2 Å². The number of rotatable bonds is 3. The normalized spacial score (nSPS) is 10.8. The molecule has 22 heavy (non-hydrogen) atoms. The van der Waals surface area contributed by atoms with E-state index in [9.17, 15) is 9.59 Å². The number of carbonyl (C=O) groups excluding carboxylic acids is 1. The molecule has 0 fully saturated rings. The Kier molecular flexibility index (Phi) is 3.46. The van der Waals surface area contributed by atoms with E-state index < -0.39 is 11.6 Å². The lowest BCUT2D eigenvalue weighted by Crippen LogP contribution is -2.06. The van der Waals surface area contributed by atoms with Gasteiger partial charge in [-0.05, 0) is 25.5 Å². The molecule has 0 bridgehead atoms. The molecule has 0 spiro atoms. The van der Waals surface area contributed by atoms with Gasteiger partial charge in [0, 0.05) is 17.0 Å². The smallest absolute Gasteiger partial charge is 0.361 e. The predicted octanol–water partition coefficient (Wildman–Crippen LogP) is 2.06. The number of esters is 1. The molecular weight excluding hydrogens is 286 g/mol. The fraction of sp³-hybridized carbons (Fsp3) is 0.200. The molecule has 2 aromatic heterocycles. The molecule has 0 unspecified atom stereocenters. The first-order valence-corrected chi connectivity index (χ1v) is 6.73. The van der Waals surface area contributed by atoms with Crippen LogP contribution < -0.4 is 5.63 Å². The van der Waals surface area contributed by atoms with Gasteiger partial charge in [0.25, 0.3) is 0 Å². The third-order valence-electron chi connectivity index (χ3n) is 3.24. The maximum Gasteiger partial charge on any atom is 0.361 e. The lowest BCUT2D eigenvalue weighted by Gasteiger charge is -2.04. The van der Waals surface area contributed by atoms with E-state index in [0.29, 0.717) is 16.8 Å². The maximum absolute atomic E-state index is 11.9. The Morgan fingerprint density at radius 1 is 1.32 bits per heavy atom. The van der Waals surface area contributed by atoms with E-state index in [2.05, 4.69) is 15.4 Å². The highest BCUT2D eigenvalue weighted by Gasteiger charge is 2.19. The fourth-order valence-electron chi connectivity index (χ4n) is 2.25. The molecule has 2 heterocycles. The number of H-pyrrole nitrogens is 1. The van der Waals surface area contributed by atoms with Crippen molar-refractivity contribution in [1.82, 2.24) is 15.4 Å². The predicted molar refractivity (Wildman–Crippen MR) is 78.6 cm³/mol. The number of aromatic amines is 1. The molecule has 3 aromatic rings. The van der Waals surface area contributed by atoms with E-state index in [1.165, 1.54) is 6.07 Å². The number of hydrogen-bond acceptors (Lipinski definition) is 6. The van der Waals surface area contributed by atoms with Crippen molar-refractivity contribution in [2.24, 2.45) is 0 Å². The summed E-state index contributed by atoms with van der Waals surface area (Å²) in [7, 11) is 0. The van der Waals surface area contributed by atoms with Gasteiger partial charge >= 0.3 is 11.6 Å². The minimum Gasteiger partial charge on any atom is -0.461 e. The van der Waals surface area contributed by atoms with Gasteiger partial charge in [0.05, 0.1) is 6.61 Å². The summed E-state index contributed by atoms with van der Waals surface area (Å²) in [5.41, 5.74) is 1.88. The molecule has 0 saturated heterocycles. The largest absolute Gasteiger partial charge is 0.461 e. The number of carbonyl (C=O) groups is 1. The summed E-state index contributed by atoms with van der Waals surface area (Å²) in [6.45, 7) is 3.79. The lowest BCUT2D eigenvalue weighted by atomic mass is 10.1. The van der Waals surface area contributed by atoms with Crippen LogP contribution >= 0.6 is 0 Å². The second kappa shape index (κ2) is 5.44. The Bertz CT molecular complexity index is 911. The molecule has 1 N–H and O–H groups in total. The molecule has 0 saturated carbocycles.